The number of benzene rings is 1. The second kappa shape index (κ2) is 7.53. The standard InChI is InChI=1S/C16H19N3O4/c1-2-7-17-13(20)9-18-14(21)10-19-15(22)8-11-5-3-4-6-12(11)16(19)23/h3-6H,2,7-10H2,1H3,(H,17,20)(H,18,21). The molecule has 0 unspecified atom stereocenters. The van der Waals surface area contributed by atoms with E-state index in [1.54, 1.807) is 24.3 Å². The molecular weight excluding hydrogens is 298 g/mol. The van der Waals surface area contributed by atoms with Crippen LogP contribution < -0.4 is 10.6 Å². The number of rotatable bonds is 6. The quantitative estimate of drug-likeness (QED) is 0.714. The van der Waals surface area contributed by atoms with Gasteiger partial charge in [-0.1, -0.05) is 25.1 Å². The van der Waals surface area contributed by atoms with Gasteiger partial charge in [-0.3, -0.25) is 24.1 Å². The molecule has 1 aliphatic heterocycles. The Kier molecular flexibility index (Phi) is 5.46. The number of hydrogen-bond acceptors (Lipinski definition) is 4. The molecule has 0 aromatic heterocycles. The lowest BCUT2D eigenvalue weighted by Crippen LogP contribution is -2.48. The van der Waals surface area contributed by atoms with E-state index in [-0.39, 0.29) is 25.4 Å². The van der Waals surface area contributed by atoms with Crippen molar-refractivity contribution in [3.05, 3.63) is 35.4 Å². The van der Waals surface area contributed by atoms with Crippen LogP contribution in [0, 0.1) is 0 Å². The zero-order chi connectivity index (χ0) is 16.8. The molecule has 2 N–H and O–H groups in total. The van der Waals surface area contributed by atoms with Gasteiger partial charge in [-0.25, -0.2) is 0 Å². The summed E-state index contributed by atoms with van der Waals surface area (Å²) in [6.07, 6.45) is 0.891. The first-order chi connectivity index (χ1) is 11.0. The van der Waals surface area contributed by atoms with Gasteiger partial charge in [-0.2, -0.15) is 0 Å². The molecule has 0 atom stereocenters. The van der Waals surface area contributed by atoms with Crippen LogP contribution in [0.2, 0.25) is 0 Å². The Bertz CT molecular complexity index is 642. The minimum atomic E-state index is -0.544. The zero-order valence-electron chi connectivity index (χ0n) is 12.9. The van der Waals surface area contributed by atoms with Crippen LogP contribution in [-0.2, 0) is 20.8 Å². The third kappa shape index (κ3) is 4.15. The van der Waals surface area contributed by atoms with Crippen molar-refractivity contribution in [3.63, 3.8) is 0 Å². The number of hydrogen-bond donors (Lipinski definition) is 2. The zero-order valence-corrected chi connectivity index (χ0v) is 12.9. The molecule has 0 bridgehead atoms. The van der Waals surface area contributed by atoms with E-state index in [2.05, 4.69) is 10.6 Å². The molecule has 0 fully saturated rings. The normalized spacial score (nSPS) is 13.5. The molecule has 0 radical (unpaired) electrons. The largest absolute Gasteiger partial charge is 0.355 e. The summed E-state index contributed by atoms with van der Waals surface area (Å²) in [6, 6.07) is 6.83. The summed E-state index contributed by atoms with van der Waals surface area (Å²) in [5.41, 5.74) is 1.10. The topological polar surface area (TPSA) is 95.6 Å². The molecule has 4 amide bonds. The van der Waals surface area contributed by atoms with Crippen LogP contribution in [0.25, 0.3) is 0 Å². The predicted molar refractivity (Wildman–Crippen MR) is 82.5 cm³/mol. The van der Waals surface area contributed by atoms with E-state index in [0.717, 1.165) is 11.3 Å². The Morgan fingerprint density at radius 3 is 2.61 bits per heavy atom. The molecule has 1 aromatic rings. The molecule has 23 heavy (non-hydrogen) atoms. The van der Waals surface area contributed by atoms with Crippen molar-refractivity contribution < 1.29 is 19.2 Å². The van der Waals surface area contributed by atoms with Gasteiger partial charge in [-0.05, 0) is 18.1 Å². The number of carbonyl (C=O) groups is 4. The highest BCUT2D eigenvalue weighted by molar-refractivity contribution is 6.11. The number of carbonyl (C=O) groups excluding carboxylic acids is 4. The molecular formula is C16H19N3O4. The van der Waals surface area contributed by atoms with Crippen LogP contribution in [0.15, 0.2) is 24.3 Å². The smallest absolute Gasteiger partial charge is 0.261 e. The van der Waals surface area contributed by atoms with Gasteiger partial charge in [0.2, 0.25) is 17.7 Å². The van der Waals surface area contributed by atoms with E-state index in [0.29, 0.717) is 17.7 Å². The minimum Gasteiger partial charge on any atom is -0.355 e. The average molecular weight is 317 g/mol. The first-order valence-electron chi connectivity index (χ1n) is 7.49. The fraction of sp³-hybridized carbons (Fsp3) is 0.375. The predicted octanol–water partition coefficient (Wildman–Crippen LogP) is -0.146. The molecule has 2 rings (SSSR count). The molecule has 0 saturated heterocycles. The van der Waals surface area contributed by atoms with E-state index in [9.17, 15) is 19.2 Å². The van der Waals surface area contributed by atoms with Crippen LogP contribution in [0.5, 0.6) is 0 Å². The third-order valence-corrected chi connectivity index (χ3v) is 3.46. The van der Waals surface area contributed by atoms with Crippen molar-refractivity contribution in [3.8, 4) is 0 Å². The van der Waals surface area contributed by atoms with Crippen molar-refractivity contribution in [2.75, 3.05) is 19.6 Å². The molecule has 0 saturated carbocycles. The second-order valence-electron chi connectivity index (χ2n) is 5.25. The van der Waals surface area contributed by atoms with Gasteiger partial charge in [0, 0.05) is 12.1 Å². The maximum Gasteiger partial charge on any atom is 0.261 e. The van der Waals surface area contributed by atoms with Crippen molar-refractivity contribution >= 4 is 23.6 Å². The monoisotopic (exact) mass is 317 g/mol. The first-order valence-corrected chi connectivity index (χ1v) is 7.49. The summed E-state index contributed by atoms with van der Waals surface area (Å²) in [5.74, 6) is -1.75. The maximum absolute atomic E-state index is 12.3. The number of imide groups is 1. The molecule has 1 aliphatic rings. The average Bonchev–Trinajstić information content (AvgIpc) is 2.54. The Morgan fingerprint density at radius 2 is 1.87 bits per heavy atom. The van der Waals surface area contributed by atoms with Gasteiger partial charge >= 0.3 is 0 Å². The lowest BCUT2D eigenvalue weighted by molar-refractivity contribution is -0.133. The molecule has 122 valence electrons. The van der Waals surface area contributed by atoms with Crippen LogP contribution in [0.1, 0.15) is 29.3 Å². The highest BCUT2D eigenvalue weighted by Gasteiger charge is 2.31. The summed E-state index contributed by atoms with van der Waals surface area (Å²) in [7, 11) is 0. The lowest BCUT2D eigenvalue weighted by Gasteiger charge is -2.26. The summed E-state index contributed by atoms with van der Waals surface area (Å²) in [4.78, 5) is 48.5. The number of amides is 4. The summed E-state index contributed by atoms with van der Waals surface area (Å²) in [6.45, 7) is 1.90. The van der Waals surface area contributed by atoms with E-state index in [4.69, 9.17) is 0 Å². The van der Waals surface area contributed by atoms with Crippen molar-refractivity contribution in [2.24, 2.45) is 0 Å². The van der Waals surface area contributed by atoms with Gasteiger partial charge in [0.25, 0.3) is 5.91 Å². The Hall–Kier alpha value is -2.70. The summed E-state index contributed by atoms with van der Waals surface area (Å²) >= 11 is 0. The van der Waals surface area contributed by atoms with Crippen molar-refractivity contribution in [2.45, 2.75) is 19.8 Å². The van der Waals surface area contributed by atoms with Gasteiger partial charge in [0.15, 0.2) is 0 Å². The third-order valence-electron chi connectivity index (χ3n) is 3.46. The summed E-state index contributed by atoms with van der Waals surface area (Å²) < 4.78 is 0. The molecule has 7 heteroatoms. The van der Waals surface area contributed by atoms with Crippen LogP contribution in [-0.4, -0.2) is 48.2 Å². The van der Waals surface area contributed by atoms with Crippen molar-refractivity contribution in [1.29, 1.82) is 0 Å². The fourth-order valence-electron chi connectivity index (χ4n) is 2.27. The van der Waals surface area contributed by atoms with Gasteiger partial charge < -0.3 is 10.6 Å². The number of nitrogens with one attached hydrogen (secondary N) is 2. The second-order valence-corrected chi connectivity index (χ2v) is 5.25. The Balaban J connectivity index is 1.92. The molecule has 0 aliphatic carbocycles. The minimum absolute atomic E-state index is 0.0895. The van der Waals surface area contributed by atoms with Crippen LogP contribution in [0.4, 0.5) is 0 Å². The van der Waals surface area contributed by atoms with Crippen molar-refractivity contribution in [1.82, 2.24) is 15.5 Å². The molecule has 1 aromatic carbocycles. The SMILES string of the molecule is CCCNC(=O)CNC(=O)CN1C(=O)Cc2ccccc2C1=O. The van der Waals surface area contributed by atoms with Gasteiger partial charge in [0.05, 0.1) is 13.0 Å². The highest BCUT2D eigenvalue weighted by atomic mass is 16.2. The Morgan fingerprint density at radius 1 is 1.13 bits per heavy atom. The number of fused-ring (bicyclic) bond motifs is 1. The van der Waals surface area contributed by atoms with Crippen LogP contribution >= 0.6 is 0 Å². The van der Waals surface area contributed by atoms with E-state index in [1.807, 2.05) is 6.92 Å². The Labute approximate surface area is 134 Å². The fourth-order valence-corrected chi connectivity index (χ4v) is 2.27. The maximum atomic E-state index is 12.3. The van der Waals surface area contributed by atoms with Crippen LogP contribution in [0.3, 0.4) is 0 Å². The molecule has 1 heterocycles. The van der Waals surface area contributed by atoms with E-state index >= 15 is 0 Å². The molecule has 7 nitrogen and oxygen atoms in total. The summed E-state index contributed by atoms with van der Waals surface area (Å²) in [5, 5.41) is 5.03. The van der Waals surface area contributed by atoms with Gasteiger partial charge in [-0.15, -0.1) is 0 Å². The number of nitrogens with zero attached hydrogens (tertiary/aromatic N) is 1. The van der Waals surface area contributed by atoms with Gasteiger partial charge in [0.1, 0.15) is 6.54 Å². The molecule has 0 spiro atoms. The first kappa shape index (κ1) is 16.7. The highest BCUT2D eigenvalue weighted by Crippen LogP contribution is 2.19. The van der Waals surface area contributed by atoms with E-state index in [1.165, 1.54) is 0 Å². The lowest BCUT2D eigenvalue weighted by atomic mass is 9.98. The van der Waals surface area contributed by atoms with E-state index < -0.39 is 17.7 Å².